The van der Waals surface area contributed by atoms with Crippen molar-refractivity contribution in [1.29, 1.82) is 0 Å². The molecule has 2 aromatic rings. The van der Waals surface area contributed by atoms with Gasteiger partial charge in [-0.1, -0.05) is 41.9 Å². The van der Waals surface area contributed by atoms with Crippen molar-refractivity contribution in [3.63, 3.8) is 0 Å². The highest BCUT2D eigenvalue weighted by molar-refractivity contribution is 6.31. The highest BCUT2D eigenvalue weighted by atomic mass is 35.5. The highest BCUT2D eigenvalue weighted by Crippen LogP contribution is 2.58. The van der Waals surface area contributed by atoms with Gasteiger partial charge >= 0.3 is 11.9 Å². The number of carbonyl (C=O) groups is 2. The summed E-state index contributed by atoms with van der Waals surface area (Å²) >= 11 is 6.63. The lowest BCUT2D eigenvalue weighted by molar-refractivity contribution is -0.171. The van der Waals surface area contributed by atoms with Gasteiger partial charge in [0, 0.05) is 49.2 Å². The van der Waals surface area contributed by atoms with Crippen molar-refractivity contribution in [2.45, 2.75) is 45.2 Å². The second-order valence-electron chi connectivity index (χ2n) is 10.7. The molecule has 2 aromatic carbocycles. The minimum Gasteiger partial charge on any atom is -0.495 e. The number of piperazine rings is 1. The van der Waals surface area contributed by atoms with Gasteiger partial charge in [-0.2, -0.15) is 0 Å². The fraction of sp³-hybridized carbons (Fsp3) is 0.517. The van der Waals surface area contributed by atoms with Crippen LogP contribution in [0.25, 0.3) is 0 Å². The molecule has 0 amide bonds. The lowest BCUT2D eigenvalue weighted by Crippen LogP contribution is -2.69. The van der Waals surface area contributed by atoms with Gasteiger partial charge in [-0.25, -0.2) is 0 Å². The Morgan fingerprint density at radius 2 is 1.63 bits per heavy atom. The number of benzene rings is 2. The SMILES string of the molecule is COc1ccccc1N1CCN(CCC2(C(=O)O)C(C)NC(C)C(C)(C(=O)O)C2c2ccccc2Cl)CC1. The Labute approximate surface area is 229 Å². The standard InChI is InChI=1S/C29H38ClN3O5/c1-19-28(3,26(34)35)25(21-9-5-6-10-22(21)30)29(27(36)37,20(2)31-19)13-14-32-15-17-33(18-16-32)23-11-7-8-12-24(23)38-4/h5-12,19-20,25,31H,13-18H2,1-4H3,(H,34,35)(H,36,37). The first-order valence-corrected chi connectivity index (χ1v) is 13.5. The number of nitrogens with one attached hydrogen (secondary N) is 1. The molecule has 3 N–H and O–H groups in total. The van der Waals surface area contributed by atoms with E-state index in [1.807, 2.05) is 38.1 Å². The van der Waals surface area contributed by atoms with Crippen molar-refractivity contribution in [1.82, 2.24) is 10.2 Å². The molecule has 0 bridgehead atoms. The van der Waals surface area contributed by atoms with Crippen molar-refractivity contribution in [2.24, 2.45) is 10.8 Å². The summed E-state index contributed by atoms with van der Waals surface area (Å²) in [7, 11) is 1.67. The van der Waals surface area contributed by atoms with Crippen LogP contribution in [-0.2, 0) is 9.59 Å². The zero-order valence-corrected chi connectivity index (χ0v) is 23.2. The van der Waals surface area contributed by atoms with Gasteiger partial charge in [0.2, 0.25) is 0 Å². The average molecular weight is 544 g/mol. The molecule has 38 heavy (non-hydrogen) atoms. The van der Waals surface area contributed by atoms with Gasteiger partial charge in [-0.05, 0) is 57.5 Å². The zero-order chi connectivity index (χ0) is 27.7. The van der Waals surface area contributed by atoms with Crippen molar-refractivity contribution >= 4 is 29.2 Å². The first kappa shape index (κ1) is 28.2. The molecule has 206 valence electrons. The number of rotatable bonds is 8. The fourth-order valence-corrected chi connectivity index (χ4v) is 6.82. The number of hydrogen-bond acceptors (Lipinski definition) is 6. The van der Waals surface area contributed by atoms with Gasteiger partial charge in [0.05, 0.1) is 23.6 Å². The smallest absolute Gasteiger partial charge is 0.311 e. The number of para-hydroxylation sites is 2. The van der Waals surface area contributed by atoms with Crippen molar-refractivity contribution in [3.05, 3.63) is 59.1 Å². The number of halogens is 1. The third-order valence-electron chi connectivity index (χ3n) is 9.00. The van der Waals surface area contributed by atoms with E-state index in [2.05, 4.69) is 15.1 Å². The van der Waals surface area contributed by atoms with Gasteiger partial charge in [0.1, 0.15) is 5.75 Å². The summed E-state index contributed by atoms with van der Waals surface area (Å²) in [5.41, 5.74) is -1.16. The lowest BCUT2D eigenvalue weighted by atomic mass is 9.51. The van der Waals surface area contributed by atoms with Crippen molar-refractivity contribution < 1.29 is 24.5 Å². The highest BCUT2D eigenvalue weighted by Gasteiger charge is 2.65. The molecule has 2 saturated heterocycles. The van der Waals surface area contributed by atoms with Crippen LogP contribution < -0.4 is 15.0 Å². The van der Waals surface area contributed by atoms with E-state index in [1.54, 1.807) is 38.3 Å². The summed E-state index contributed by atoms with van der Waals surface area (Å²) in [6.45, 7) is 8.95. The van der Waals surface area contributed by atoms with Crippen LogP contribution in [-0.4, -0.2) is 79.0 Å². The van der Waals surface area contributed by atoms with E-state index >= 15 is 0 Å². The van der Waals surface area contributed by atoms with Gasteiger partial charge in [-0.15, -0.1) is 0 Å². The second-order valence-corrected chi connectivity index (χ2v) is 11.2. The molecule has 0 aliphatic carbocycles. The number of ether oxygens (including phenoxy) is 1. The summed E-state index contributed by atoms with van der Waals surface area (Å²) in [5.74, 6) is -2.04. The fourth-order valence-electron chi connectivity index (χ4n) is 6.57. The molecule has 2 fully saturated rings. The molecule has 0 aromatic heterocycles. The van der Waals surface area contributed by atoms with Crippen LogP contribution in [0.15, 0.2) is 48.5 Å². The molecule has 8 nitrogen and oxygen atoms in total. The summed E-state index contributed by atoms with van der Waals surface area (Å²) in [6, 6.07) is 14.1. The molecule has 0 spiro atoms. The van der Waals surface area contributed by atoms with Crippen LogP contribution in [0.3, 0.4) is 0 Å². The van der Waals surface area contributed by atoms with Crippen LogP contribution in [0.1, 0.15) is 38.7 Å². The first-order valence-electron chi connectivity index (χ1n) is 13.1. The molecule has 0 radical (unpaired) electrons. The minimum atomic E-state index is -1.39. The molecule has 5 atom stereocenters. The number of nitrogens with zero attached hydrogens (tertiary/aromatic N) is 2. The second kappa shape index (κ2) is 11.1. The topological polar surface area (TPSA) is 102 Å². The van der Waals surface area contributed by atoms with Crippen molar-refractivity contribution in [3.8, 4) is 5.75 Å². The van der Waals surface area contributed by atoms with E-state index in [0.29, 0.717) is 17.1 Å². The van der Waals surface area contributed by atoms with Gasteiger partial charge in [-0.3, -0.25) is 14.5 Å². The van der Waals surface area contributed by atoms with Gasteiger partial charge in [0.15, 0.2) is 0 Å². The van der Waals surface area contributed by atoms with Crippen LogP contribution >= 0.6 is 11.6 Å². The molecule has 2 aliphatic heterocycles. The van der Waals surface area contributed by atoms with Gasteiger partial charge < -0.3 is 25.2 Å². The summed E-state index contributed by atoms with van der Waals surface area (Å²) in [6.07, 6.45) is 0.288. The summed E-state index contributed by atoms with van der Waals surface area (Å²) in [4.78, 5) is 30.6. The Morgan fingerprint density at radius 3 is 2.24 bits per heavy atom. The monoisotopic (exact) mass is 543 g/mol. The third kappa shape index (κ3) is 4.74. The number of hydrogen-bond donors (Lipinski definition) is 3. The van der Waals surface area contributed by atoms with E-state index in [-0.39, 0.29) is 6.42 Å². The maximum absolute atomic E-state index is 13.3. The predicted molar refractivity (Wildman–Crippen MR) is 148 cm³/mol. The van der Waals surface area contributed by atoms with E-state index in [0.717, 1.165) is 37.6 Å². The van der Waals surface area contributed by atoms with E-state index in [9.17, 15) is 19.8 Å². The van der Waals surface area contributed by atoms with E-state index < -0.39 is 40.8 Å². The Hall–Kier alpha value is -2.81. The molecular formula is C29H38ClN3O5. The number of carboxylic acids is 2. The largest absolute Gasteiger partial charge is 0.495 e. The third-order valence-corrected chi connectivity index (χ3v) is 9.35. The van der Waals surface area contributed by atoms with Crippen LogP contribution in [0.4, 0.5) is 5.69 Å². The molecule has 4 rings (SSSR count). The average Bonchev–Trinajstić information content (AvgIpc) is 2.90. The maximum Gasteiger partial charge on any atom is 0.311 e. The van der Waals surface area contributed by atoms with E-state index in [4.69, 9.17) is 16.3 Å². The number of methoxy groups -OCH3 is 1. The first-order chi connectivity index (χ1) is 18.1. The summed E-state index contributed by atoms with van der Waals surface area (Å²) < 4.78 is 5.53. The maximum atomic E-state index is 13.3. The Kier molecular flexibility index (Phi) is 8.26. The van der Waals surface area contributed by atoms with Crippen LogP contribution in [0.2, 0.25) is 5.02 Å². The Balaban J connectivity index is 1.63. The normalized spacial score (nSPS) is 30.1. The quantitative estimate of drug-likeness (QED) is 0.455. The van der Waals surface area contributed by atoms with Crippen molar-refractivity contribution in [2.75, 3.05) is 44.7 Å². The molecule has 2 aliphatic rings. The van der Waals surface area contributed by atoms with Crippen LogP contribution in [0, 0.1) is 10.8 Å². The Morgan fingerprint density at radius 1 is 1.00 bits per heavy atom. The number of piperidine rings is 1. The molecule has 2 heterocycles. The molecule has 0 saturated carbocycles. The molecular weight excluding hydrogens is 506 g/mol. The number of anilines is 1. The molecule has 5 unspecified atom stereocenters. The van der Waals surface area contributed by atoms with E-state index in [1.165, 1.54) is 0 Å². The molecule has 9 heteroatoms. The Bertz CT molecular complexity index is 1170. The number of aliphatic carboxylic acids is 2. The predicted octanol–water partition coefficient (Wildman–Crippen LogP) is 4.19. The van der Waals surface area contributed by atoms with Crippen LogP contribution in [0.5, 0.6) is 5.75 Å². The number of carboxylic acid groups (broad SMARTS) is 2. The lowest BCUT2D eigenvalue weighted by Gasteiger charge is -2.56. The minimum absolute atomic E-state index is 0.288. The van der Waals surface area contributed by atoms with Gasteiger partial charge in [0.25, 0.3) is 0 Å². The summed E-state index contributed by atoms with van der Waals surface area (Å²) in [5, 5.41) is 25.0. The zero-order valence-electron chi connectivity index (χ0n) is 22.5.